The molecule has 3 aromatic carbocycles. The standard InChI is InChI=1S/C29H33ClFN3O5S/c1-5-39-26-13-11-25(12-14-26)34(40(37,38)27-15-9-24(31)10-16-27)19-28(35)33(21(4)29(36)32-20(2)3)18-22-7-6-8-23(30)17-22/h6-17,20-21H,5,18-19H2,1-4H3,(H,32,36). The molecule has 0 heterocycles. The Labute approximate surface area is 239 Å². The molecule has 0 saturated heterocycles. The summed E-state index contributed by atoms with van der Waals surface area (Å²) in [7, 11) is -4.31. The summed E-state index contributed by atoms with van der Waals surface area (Å²) in [5, 5.41) is 3.26. The van der Waals surface area contributed by atoms with Crippen LogP contribution in [-0.2, 0) is 26.2 Å². The highest BCUT2D eigenvalue weighted by molar-refractivity contribution is 7.92. The predicted octanol–water partition coefficient (Wildman–Crippen LogP) is 5.02. The smallest absolute Gasteiger partial charge is 0.264 e. The maximum absolute atomic E-state index is 13.9. The minimum Gasteiger partial charge on any atom is -0.494 e. The number of anilines is 1. The lowest BCUT2D eigenvalue weighted by Crippen LogP contribution is -2.52. The van der Waals surface area contributed by atoms with Crippen LogP contribution in [-0.4, -0.2) is 50.4 Å². The molecule has 1 unspecified atom stereocenters. The molecule has 0 aromatic heterocycles. The molecule has 0 saturated carbocycles. The predicted molar refractivity (Wildman–Crippen MR) is 153 cm³/mol. The number of halogens is 2. The highest BCUT2D eigenvalue weighted by atomic mass is 35.5. The van der Waals surface area contributed by atoms with E-state index in [1.165, 1.54) is 17.0 Å². The fourth-order valence-corrected chi connectivity index (χ4v) is 5.58. The first-order valence-corrected chi connectivity index (χ1v) is 14.6. The van der Waals surface area contributed by atoms with E-state index in [1.54, 1.807) is 57.2 Å². The lowest BCUT2D eigenvalue weighted by Gasteiger charge is -2.32. The third kappa shape index (κ3) is 7.95. The molecule has 3 rings (SSSR count). The van der Waals surface area contributed by atoms with Gasteiger partial charge in [-0.05, 0) is 93.9 Å². The van der Waals surface area contributed by atoms with Gasteiger partial charge in [-0.3, -0.25) is 13.9 Å². The van der Waals surface area contributed by atoms with E-state index in [9.17, 15) is 22.4 Å². The van der Waals surface area contributed by atoms with Gasteiger partial charge in [0.05, 0.1) is 17.2 Å². The van der Waals surface area contributed by atoms with Crippen LogP contribution in [0.2, 0.25) is 5.02 Å². The van der Waals surface area contributed by atoms with Crippen molar-refractivity contribution in [2.45, 2.75) is 51.2 Å². The van der Waals surface area contributed by atoms with Gasteiger partial charge in [0.1, 0.15) is 24.2 Å². The number of nitrogens with one attached hydrogen (secondary N) is 1. The SMILES string of the molecule is CCOc1ccc(N(CC(=O)N(Cc2cccc(Cl)c2)C(C)C(=O)NC(C)C)S(=O)(=O)c2ccc(F)cc2)cc1. The number of ether oxygens (including phenoxy) is 1. The van der Waals surface area contributed by atoms with Crippen LogP contribution >= 0.6 is 11.6 Å². The molecule has 0 spiro atoms. The van der Waals surface area contributed by atoms with Crippen LogP contribution in [0.15, 0.2) is 77.7 Å². The molecule has 214 valence electrons. The largest absolute Gasteiger partial charge is 0.494 e. The average Bonchev–Trinajstić information content (AvgIpc) is 2.90. The Bertz CT molecular complexity index is 1420. The fourth-order valence-electron chi connectivity index (χ4n) is 3.96. The number of hydrogen-bond acceptors (Lipinski definition) is 5. The third-order valence-corrected chi connectivity index (χ3v) is 7.98. The number of sulfonamides is 1. The Kier molecular flexibility index (Phi) is 10.5. The average molecular weight is 590 g/mol. The first kappa shape index (κ1) is 30.9. The van der Waals surface area contributed by atoms with Gasteiger partial charge in [0.15, 0.2) is 0 Å². The number of rotatable bonds is 12. The number of hydrogen-bond donors (Lipinski definition) is 1. The number of nitrogens with zero attached hydrogens (tertiary/aromatic N) is 2. The first-order valence-electron chi connectivity index (χ1n) is 12.8. The quantitative estimate of drug-likeness (QED) is 0.320. The fraction of sp³-hybridized carbons (Fsp3) is 0.310. The van der Waals surface area contributed by atoms with Crippen molar-refractivity contribution in [3.05, 3.63) is 89.2 Å². The molecule has 0 aliphatic rings. The summed E-state index contributed by atoms with van der Waals surface area (Å²) < 4.78 is 47.5. The maximum atomic E-state index is 13.9. The lowest BCUT2D eigenvalue weighted by atomic mass is 10.1. The van der Waals surface area contributed by atoms with Crippen molar-refractivity contribution in [2.75, 3.05) is 17.5 Å². The molecule has 1 atom stereocenters. The second-order valence-corrected chi connectivity index (χ2v) is 11.7. The van der Waals surface area contributed by atoms with E-state index in [0.29, 0.717) is 22.9 Å². The molecule has 0 aliphatic carbocycles. The van der Waals surface area contributed by atoms with Gasteiger partial charge in [-0.2, -0.15) is 0 Å². The Balaban J connectivity index is 2.03. The van der Waals surface area contributed by atoms with Gasteiger partial charge >= 0.3 is 0 Å². The van der Waals surface area contributed by atoms with Gasteiger partial charge in [0.2, 0.25) is 11.8 Å². The van der Waals surface area contributed by atoms with E-state index < -0.39 is 34.3 Å². The summed E-state index contributed by atoms with van der Waals surface area (Å²) in [6.45, 7) is 6.82. The summed E-state index contributed by atoms with van der Waals surface area (Å²) in [5.41, 5.74) is 0.863. The Morgan fingerprint density at radius 3 is 2.23 bits per heavy atom. The molecule has 0 aliphatic heterocycles. The molecule has 8 nitrogen and oxygen atoms in total. The zero-order valence-corrected chi connectivity index (χ0v) is 24.4. The van der Waals surface area contributed by atoms with E-state index in [1.807, 2.05) is 6.92 Å². The molecule has 2 amide bonds. The van der Waals surface area contributed by atoms with Crippen LogP contribution in [0, 0.1) is 5.82 Å². The number of benzene rings is 3. The second kappa shape index (κ2) is 13.6. The topological polar surface area (TPSA) is 96.0 Å². The molecular weight excluding hydrogens is 557 g/mol. The monoisotopic (exact) mass is 589 g/mol. The van der Waals surface area contributed by atoms with E-state index in [4.69, 9.17) is 16.3 Å². The summed E-state index contributed by atoms with van der Waals surface area (Å²) in [6, 6.07) is 16.3. The van der Waals surface area contributed by atoms with Crippen LogP contribution in [0.1, 0.15) is 33.3 Å². The van der Waals surface area contributed by atoms with Crippen LogP contribution in [0.25, 0.3) is 0 Å². The summed E-state index contributed by atoms with van der Waals surface area (Å²) in [6.07, 6.45) is 0. The number of carbonyl (C=O) groups excluding carboxylic acids is 2. The highest BCUT2D eigenvalue weighted by Gasteiger charge is 2.32. The van der Waals surface area contributed by atoms with Crippen molar-refractivity contribution in [3.63, 3.8) is 0 Å². The van der Waals surface area contributed by atoms with Gasteiger partial charge in [0, 0.05) is 17.6 Å². The first-order chi connectivity index (χ1) is 18.9. The molecule has 0 radical (unpaired) electrons. The molecule has 40 heavy (non-hydrogen) atoms. The molecule has 1 N–H and O–H groups in total. The summed E-state index contributed by atoms with van der Waals surface area (Å²) in [4.78, 5) is 27.9. The van der Waals surface area contributed by atoms with Crippen LogP contribution in [0.3, 0.4) is 0 Å². The van der Waals surface area contributed by atoms with Crippen molar-refractivity contribution in [2.24, 2.45) is 0 Å². The van der Waals surface area contributed by atoms with Crippen molar-refractivity contribution in [3.8, 4) is 5.75 Å². The normalized spacial score (nSPS) is 12.1. The van der Waals surface area contributed by atoms with Gasteiger partial charge in [-0.15, -0.1) is 0 Å². The number of amides is 2. The minimum atomic E-state index is -4.31. The molecule has 0 bridgehead atoms. The van der Waals surface area contributed by atoms with Gasteiger partial charge < -0.3 is 15.0 Å². The van der Waals surface area contributed by atoms with E-state index in [-0.39, 0.29) is 29.1 Å². The van der Waals surface area contributed by atoms with Crippen molar-refractivity contribution in [1.82, 2.24) is 10.2 Å². The summed E-state index contributed by atoms with van der Waals surface area (Å²) >= 11 is 6.15. The van der Waals surface area contributed by atoms with E-state index in [0.717, 1.165) is 28.6 Å². The van der Waals surface area contributed by atoms with Crippen molar-refractivity contribution < 1.29 is 27.1 Å². The van der Waals surface area contributed by atoms with Gasteiger partial charge in [0.25, 0.3) is 10.0 Å². The Hall–Kier alpha value is -3.63. The molecular formula is C29H33ClFN3O5S. The minimum absolute atomic E-state index is 0.0137. The lowest BCUT2D eigenvalue weighted by molar-refractivity contribution is -0.139. The Morgan fingerprint density at radius 1 is 1.00 bits per heavy atom. The second-order valence-electron chi connectivity index (χ2n) is 9.38. The number of carbonyl (C=O) groups is 2. The van der Waals surface area contributed by atoms with E-state index in [2.05, 4.69) is 5.32 Å². The zero-order chi connectivity index (χ0) is 29.4. The van der Waals surface area contributed by atoms with E-state index >= 15 is 0 Å². The molecule has 11 heteroatoms. The molecule has 3 aromatic rings. The third-order valence-electron chi connectivity index (χ3n) is 5.96. The van der Waals surface area contributed by atoms with Gasteiger partial charge in [-0.25, -0.2) is 12.8 Å². The van der Waals surface area contributed by atoms with Gasteiger partial charge in [-0.1, -0.05) is 23.7 Å². The van der Waals surface area contributed by atoms with Crippen LogP contribution in [0.4, 0.5) is 10.1 Å². The maximum Gasteiger partial charge on any atom is 0.264 e. The van der Waals surface area contributed by atoms with Crippen LogP contribution in [0.5, 0.6) is 5.75 Å². The molecule has 0 fully saturated rings. The zero-order valence-electron chi connectivity index (χ0n) is 22.8. The van der Waals surface area contributed by atoms with Crippen molar-refractivity contribution in [1.29, 1.82) is 0 Å². The highest BCUT2D eigenvalue weighted by Crippen LogP contribution is 2.27. The van der Waals surface area contributed by atoms with Crippen LogP contribution < -0.4 is 14.4 Å². The van der Waals surface area contributed by atoms with Crippen molar-refractivity contribution >= 4 is 39.1 Å². The summed E-state index contributed by atoms with van der Waals surface area (Å²) in [5.74, 6) is -1.08. The Morgan fingerprint density at radius 2 is 1.65 bits per heavy atom.